The zero-order chi connectivity index (χ0) is 11.9. The topological polar surface area (TPSA) is 31.1 Å². The van der Waals surface area contributed by atoms with Gasteiger partial charge in [0.25, 0.3) is 0 Å². The molecule has 2 N–H and O–H groups in total. The summed E-state index contributed by atoms with van der Waals surface area (Å²) in [6.07, 6.45) is 7.24. The molecule has 0 saturated carbocycles. The number of nitrogens with one attached hydrogen (secondary N) is 2. The first-order chi connectivity index (χ1) is 8.34. The lowest BCUT2D eigenvalue weighted by atomic mass is 10.1. The van der Waals surface area contributed by atoms with Gasteiger partial charge in [-0.15, -0.1) is 0 Å². The number of H-pyrrole nitrogens is 1. The average Bonchev–Trinajstić information content (AvgIpc) is 2.76. The van der Waals surface area contributed by atoms with E-state index in [4.69, 9.17) is 11.6 Å². The van der Waals surface area contributed by atoms with E-state index in [0.29, 0.717) is 0 Å². The van der Waals surface area contributed by atoms with Crippen LogP contribution in [-0.2, 0) is 6.54 Å². The van der Waals surface area contributed by atoms with Gasteiger partial charge in [0.05, 0.1) is 5.02 Å². The summed E-state index contributed by atoms with van der Waals surface area (Å²) in [6.45, 7) is 5.79. The van der Waals surface area contributed by atoms with Crippen LogP contribution >= 0.6 is 11.6 Å². The highest BCUT2D eigenvalue weighted by molar-refractivity contribution is 6.30. The van der Waals surface area contributed by atoms with E-state index in [-0.39, 0.29) is 0 Å². The number of piperidine rings is 1. The van der Waals surface area contributed by atoms with Crippen LogP contribution < -0.4 is 5.32 Å². The molecule has 4 heteroatoms. The fourth-order valence-corrected chi connectivity index (χ4v) is 2.53. The zero-order valence-electron chi connectivity index (χ0n) is 10.3. The first-order valence-corrected chi connectivity index (χ1v) is 6.98. The Morgan fingerprint density at radius 3 is 2.82 bits per heavy atom. The lowest BCUT2D eigenvalue weighted by Crippen LogP contribution is -2.32. The summed E-state index contributed by atoms with van der Waals surface area (Å²) in [5.41, 5.74) is 1.16. The molecule has 3 nitrogen and oxygen atoms in total. The highest BCUT2D eigenvalue weighted by atomic mass is 35.5. The van der Waals surface area contributed by atoms with Crippen LogP contribution in [0.25, 0.3) is 0 Å². The van der Waals surface area contributed by atoms with Crippen molar-refractivity contribution in [3.05, 3.63) is 23.0 Å². The Bertz CT molecular complexity index is 318. The van der Waals surface area contributed by atoms with Gasteiger partial charge in [0.15, 0.2) is 0 Å². The highest BCUT2D eigenvalue weighted by Gasteiger charge is 2.08. The zero-order valence-corrected chi connectivity index (χ0v) is 11.1. The Morgan fingerprint density at radius 2 is 2.12 bits per heavy atom. The van der Waals surface area contributed by atoms with E-state index in [0.717, 1.165) is 23.8 Å². The van der Waals surface area contributed by atoms with Gasteiger partial charge in [-0.05, 0) is 51.5 Å². The Labute approximate surface area is 109 Å². The van der Waals surface area contributed by atoms with E-state index in [9.17, 15) is 0 Å². The second-order valence-electron chi connectivity index (χ2n) is 4.78. The van der Waals surface area contributed by atoms with Crippen molar-refractivity contribution in [3.8, 4) is 0 Å². The third-order valence-corrected chi connectivity index (χ3v) is 3.52. The second-order valence-corrected chi connectivity index (χ2v) is 5.21. The van der Waals surface area contributed by atoms with E-state index in [1.54, 1.807) is 0 Å². The fraction of sp³-hybridized carbons (Fsp3) is 0.692. The van der Waals surface area contributed by atoms with Crippen LogP contribution in [0.15, 0.2) is 12.3 Å². The molecular weight excluding hydrogens is 234 g/mol. The molecule has 0 aromatic carbocycles. The van der Waals surface area contributed by atoms with Crippen LogP contribution in [0.5, 0.6) is 0 Å². The Balaban J connectivity index is 1.51. The number of aromatic nitrogens is 1. The molecule has 0 aliphatic carbocycles. The van der Waals surface area contributed by atoms with Crippen LogP contribution in [-0.4, -0.2) is 36.1 Å². The van der Waals surface area contributed by atoms with Gasteiger partial charge in [-0.25, -0.2) is 0 Å². The number of nitrogens with zero attached hydrogens (tertiary/aromatic N) is 1. The van der Waals surface area contributed by atoms with Gasteiger partial charge >= 0.3 is 0 Å². The van der Waals surface area contributed by atoms with E-state index < -0.39 is 0 Å². The molecule has 0 radical (unpaired) electrons. The maximum atomic E-state index is 5.84. The molecule has 96 valence electrons. The van der Waals surface area contributed by atoms with Gasteiger partial charge in [-0.1, -0.05) is 18.0 Å². The molecule has 0 spiro atoms. The third kappa shape index (κ3) is 4.70. The lowest BCUT2D eigenvalue weighted by Gasteiger charge is -2.26. The van der Waals surface area contributed by atoms with Crippen molar-refractivity contribution in [2.24, 2.45) is 0 Å². The van der Waals surface area contributed by atoms with Gasteiger partial charge in [0.1, 0.15) is 0 Å². The van der Waals surface area contributed by atoms with Gasteiger partial charge in [-0.3, -0.25) is 0 Å². The predicted molar refractivity (Wildman–Crippen MR) is 72.4 cm³/mol. The normalized spacial score (nSPS) is 17.5. The van der Waals surface area contributed by atoms with Crippen molar-refractivity contribution in [1.82, 2.24) is 15.2 Å². The van der Waals surface area contributed by atoms with E-state index in [1.807, 2.05) is 12.3 Å². The molecule has 0 atom stereocenters. The number of aromatic amines is 1. The molecule has 0 unspecified atom stereocenters. The molecule has 1 fully saturated rings. The summed E-state index contributed by atoms with van der Waals surface area (Å²) in [4.78, 5) is 5.72. The van der Waals surface area contributed by atoms with Crippen molar-refractivity contribution in [2.45, 2.75) is 32.2 Å². The van der Waals surface area contributed by atoms with Gasteiger partial charge in [0.2, 0.25) is 0 Å². The monoisotopic (exact) mass is 255 g/mol. The van der Waals surface area contributed by atoms with E-state index in [2.05, 4.69) is 15.2 Å². The van der Waals surface area contributed by atoms with E-state index in [1.165, 1.54) is 45.3 Å². The molecule has 0 amide bonds. The molecule has 1 aliphatic heterocycles. The molecule has 1 aliphatic rings. The minimum Gasteiger partial charge on any atom is -0.363 e. The van der Waals surface area contributed by atoms with Crippen LogP contribution in [0.2, 0.25) is 5.02 Å². The Hall–Kier alpha value is -0.510. The van der Waals surface area contributed by atoms with Gasteiger partial charge in [-0.2, -0.15) is 0 Å². The van der Waals surface area contributed by atoms with E-state index >= 15 is 0 Å². The SMILES string of the molecule is Clc1c[nH]c(CNCCCN2CCCCC2)c1. The summed E-state index contributed by atoms with van der Waals surface area (Å²) in [6, 6.07) is 1.97. The minimum absolute atomic E-state index is 0.787. The molecular formula is C13H22ClN3. The first kappa shape index (κ1) is 12.9. The number of halogens is 1. The van der Waals surface area contributed by atoms with Crippen molar-refractivity contribution in [2.75, 3.05) is 26.2 Å². The summed E-state index contributed by atoms with van der Waals surface area (Å²) in [5.74, 6) is 0. The van der Waals surface area contributed by atoms with Crippen LogP contribution in [0.3, 0.4) is 0 Å². The maximum Gasteiger partial charge on any atom is 0.0583 e. The lowest BCUT2D eigenvalue weighted by molar-refractivity contribution is 0.225. The number of likely N-dealkylation sites (tertiary alicyclic amines) is 1. The summed E-state index contributed by atoms with van der Waals surface area (Å²) in [7, 11) is 0. The average molecular weight is 256 g/mol. The first-order valence-electron chi connectivity index (χ1n) is 6.60. The standard InChI is InChI=1S/C13H22ClN3/c14-12-9-13(16-10-12)11-15-5-4-8-17-6-2-1-3-7-17/h9-10,15-16H,1-8,11H2. The number of hydrogen-bond donors (Lipinski definition) is 2. The molecule has 1 aromatic rings. The molecule has 17 heavy (non-hydrogen) atoms. The van der Waals surface area contributed by atoms with Crippen molar-refractivity contribution >= 4 is 11.6 Å². The van der Waals surface area contributed by atoms with Crippen molar-refractivity contribution < 1.29 is 0 Å². The second kappa shape index (κ2) is 7.04. The quantitative estimate of drug-likeness (QED) is 0.766. The molecule has 1 saturated heterocycles. The molecule has 2 rings (SSSR count). The number of hydrogen-bond acceptors (Lipinski definition) is 2. The van der Waals surface area contributed by atoms with Crippen LogP contribution in [0.4, 0.5) is 0 Å². The predicted octanol–water partition coefficient (Wildman–Crippen LogP) is 2.63. The van der Waals surface area contributed by atoms with Gasteiger partial charge < -0.3 is 15.2 Å². The maximum absolute atomic E-state index is 5.84. The van der Waals surface area contributed by atoms with Crippen molar-refractivity contribution in [3.63, 3.8) is 0 Å². The van der Waals surface area contributed by atoms with Crippen molar-refractivity contribution in [1.29, 1.82) is 0 Å². The van der Waals surface area contributed by atoms with Crippen LogP contribution in [0.1, 0.15) is 31.4 Å². The summed E-state index contributed by atoms with van der Waals surface area (Å²) in [5, 5.41) is 4.23. The van der Waals surface area contributed by atoms with Crippen LogP contribution in [0, 0.1) is 0 Å². The summed E-state index contributed by atoms with van der Waals surface area (Å²) >= 11 is 5.84. The summed E-state index contributed by atoms with van der Waals surface area (Å²) < 4.78 is 0. The van der Waals surface area contributed by atoms with Gasteiger partial charge in [0, 0.05) is 18.4 Å². The largest absolute Gasteiger partial charge is 0.363 e. The fourth-order valence-electron chi connectivity index (χ4n) is 2.35. The Morgan fingerprint density at radius 1 is 1.29 bits per heavy atom. The molecule has 0 bridgehead atoms. The Kier molecular flexibility index (Phi) is 5.36. The third-order valence-electron chi connectivity index (χ3n) is 3.30. The number of rotatable bonds is 6. The molecule has 1 aromatic heterocycles. The highest BCUT2D eigenvalue weighted by Crippen LogP contribution is 2.09. The molecule has 2 heterocycles. The minimum atomic E-state index is 0.787. The smallest absolute Gasteiger partial charge is 0.0583 e.